The molecule has 0 bridgehead atoms. The average Bonchev–Trinajstić information content (AvgIpc) is 3.28. The highest BCUT2D eigenvalue weighted by molar-refractivity contribution is 5.44. The normalized spacial score (nSPS) is 20.3. The summed E-state index contributed by atoms with van der Waals surface area (Å²) in [5, 5.41) is 4.57. The number of hydrogen-bond donors (Lipinski definition) is 0. The van der Waals surface area contributed by atoms with E-state index in [1.54, 1.807) is 5.56 Å². The highest BCUT2D eigenvalue weighted by Gasteiger charge is 2.29. The van der Waals surface area contributed by atoms with Gasteiger partial charge in [0.25, 0.3) is 0 Å². The van der Waals surface area contributed by atoms with Crippen molar-refractivity contribution in [2.75, 3.05) is 13.1 Å². The lowest BCUT2D eigenvalue weighted by Gasteiger charge is -2.36. The maximum Gasteiger partial charge on any atom is 0.116 e. The third-order valence-electron chi connectivity index (χ3n) is 7.26. The van der Waals surface area contributed by atoms with E-state index in [1.165, 1.54) is 76.1 Å². The molecule has 2 aromatic rings. The SMILES string of the molecule is CC=O.CCC.CCCC1CC(c2ccc(CN3CCC(Cn4cc(C(C)C)cn4)CC3)cc2)C1. The predicted molar refractivity (Wildman–Crippen MR) is 149 cm³/mol. The second-order valence-electron chi connectivity index (χ2n) is 10.9. The maximum absolute atomic E-state index is 8.81. The second kappa shape index (κ2) is 15.9. The number of piperidine rings is 1. The molecule has 1 saturated heterocycles. The van der Waals surface area contributed by atoms with E-state index in [-0.39, 0.29) is 0 Å². The number of benzene rings is 1. The molecule has 1 saturated carbocycles. The topological polar surface area (TPSA) is 38.1 Å². The van der Waals surface area contributed by atoms with Gasteiger partial charge in [0.15, 0.2) is 0 Å². The van der Waals surface area contributed by atoms with Crippen LogP contribution in [0.25, 0.3) is 0 Å². The van der Waals surface area contributed by atoms with E-state index in [0.717, 1.165) is 37.1 Å². The molecule has 1 aliphatic heterocycles. The van der Waals surface area contributed by atoms with Gasteiger partial charge >= 0.3 is 0 Å². The van der Waals surface area contributed by atoms with E-state index in [1.807, 2.05) is 6.20 Å². The number of rotatable bonds is 8. The summed E-state index contributed by atoms with van der Waals surface area (Å²) in [6.45, 7) is 17.1. The Morgan fingerprint density at radius 1 is 1.03 bits per heavy atom. The number of aldehydes is 1. The molecule has 0 spiro atoms. The summed E-state index contributed by atoms with van der Waals surface area (Å²) < 4.78 is 2.17. The Labute approximate surface area is 215 Å². The Morgan fingerprint density at radius 3 is 2.14 bits per heavy atom. The molecule has 2 fully saturated rings. The molecular formula is C31H51N3O. The van der Waals surface area contributed by atoms with Crippen LogP contribution in [-0.2, 0) is 17.9 Å². The summed E-state index contributed by atoms with van der Waals surface area (Å²) in [6, 6.07) is 9.56. The van der Waals surface area contributed by atoms with Crippen LogP contribution in [0.15, 0.2) is 36.7 Å². The standard InChI is InChI=1S/C26H39N3.C3H8.C2H4O/c1-4-5-23-14-25(15-23)24-8-6-21(7-9-24)17-28-12-10-22(11-13-28)18-29-19-26(16-27-29)20(2)3;1-3-2;1-2-3/h6-9,16,19-20,22-23,25H,4-5,10-15,17-18H2,1-3H3;3H2,1-2H3;2H,1H3. The lowest BCUT2D eigenvalue weighted by atomic mass is 9.70. The predicted octanol–water partition coefficient (Wildman–Crippen LogP) is 7.83. The lowest BCUT2D eigenvalue weighted by molar-refractivity contribution is -0.106. The number of hydrogen-bond acceptors (Lipinski definition) is 3. The van der Waals surface area contributed by atoms with Crippen LogP contribution in [0.2, 0.25) is 0 Å². The largest absolute Gasteiger partial charge is 0.304 e. The maximum atomic E-state index is 8.81. The number of nitrogens with zero attached hydrogens (tertiary/aromatic N) is 3. The average molecular weight is 482 g/mol. The van der Waals surface area contributed by atoms with Crippen LogP contribution >= 0.6 is 0 Å². The third-order valence-corrected chi connectivity index (χ3v) is 7.26. The van der Waals surface area contributed by atoms with Crippen molar-refractivity contribution < 1.29 is 4.79 Å². The smallest absolute Gasteiger partial charge is 0.116 e. The molecule has 0 amide bonds. The van der Waals surface area contributed by atoms with Gasteiger partial charge in [-0.15, -0.1) is 0 Å². The summed E-state index contributed by atoms with van der Waals surface area (Å²) in [7, 11) is 0. The first-order chi connectivity index (χ1) is 16.9. The quantitative estimate of drug-likeness (QED) is 0.360. The van der Waals surface area contributed by atoms with E-state index in [9.17, 15) is 0 Å². The van der Waals surface area contributed by atoms with Crippen LogP contribution in [0.4, 0.5) is 0 Å². The molecule has 2 aliphatic rings. The van der Waals surface area contributed by atoms with Crippen LogP contribution in [-0.4, -0.2) is 34.1 Å². The molecule has 0 N–H and O–H groups in total. The molecule has 0 radical (unpaired) electrons. The van der Waals surface area contributed by atoms with Crippen molar-refractivity contribution in [3.8, 4) is 0 Å². The minimum Gasteiger partial charge on any atom is -0.304 e. The van der Waals surface area contributed by atoms with Gasteiger partial charge < -0.3 is 4.79 Å². The highest BCUT2D eigenvalue weighted by atomic mass is 16.1. The monoisotopic (exact) mass is 481 g/mol. The van der Waals surface area contributed by atoms with E-state index in [4.69, 9.17) is 4.79 Å². The summed E-state index contributed by atoms with van der Waals surface area (Å²) in [6.07, 6.45) is 14.4. The van der Waals surface area contributed by atoms with Gasteiger partial charge in [-0.25, -0.2) is 0 Å². The van der Waals surface area contributed by atoms with Gasteiger partial charge in [-0.1, -0.05) is 78.1 Å². The van der Waals surface area contributed by atoms with Gasteiger partial charge in [0, 0.05) is 19.3 Å². The minimum absolute atomic E-state index is 0.569. The molecule has 4 rings (SSSR count). The van der Waals surface area contributed by atoms with Gasteiger partial charge in [-0.2, -0.15) is 5.10 Å². The Bertz CT molecular complexity index is 812. The van der Waals surface area contributed by atoms with Crippen molar-refractivity contribution in [3.63, 3.8) is 0 Å². The molecule has 1 aromatic heterocycles. The van der Waals surface area contributed by atoms with Gasteiger partial charge in [-0.05, 0) is 86.1 Å². The molecule has 196 valence electrons. The Hall–Kier alpha value is -1.94. The first kappa shape index (κ1) is 29.3. The van der Waals surface area contributed by atoms with Gasteiger partial charge in [0.2, 0.25) is 0 Å². The third kappa shape index (κ3) is 9.91. The van der Waals surface area contributed by atoms with E-state index < -0.39 is 0 Å². The molecule has 4 nitrogen and oxygen atoms in total. The highest BCUT2D eigenvalue weighted by Crippen LogP contribution is 2.43. The summed E-state index contributed by atoms with van der Waals surface area (Å²) in [4.78, 5) is 11.4. The molecule has 4 heteroatoms. The fourth-order valence-electron chi connectivity index (χ4n) is 5.17. The zero-order chi connectivity index (χ0) is 25.6. The van der Waals surface area contributed by atoms with Crippen LogP contribution in [0.3, 0.4) is 0 Å². The lowest BCUT2D eigenvalue weighted by Crippen LogP contribution is -2.34. The Kier molecular flexibility index (Phi) is 13.3. The van der Waals surface area contributed by atoms with Crippen LogP contribution in [0.1, 0.15) is 115 Å². The van der Waals surface area contributed by atoms with E-state index in [2.05, 4.69) is 79.8 Å². The zero-order valence-electron chi connectivity index (χ0n) is 23.4. The minimum atomic E-state index is 0.569. The van der Waals surface area contributed by atoms with Crippen molar-refractivity contribution in [1.29, 1.82) is 0 Å². The number of carbonyl (C=O) groups is 1. The molecule has 35 heavy (non-hydrogen) atoms. The molecule has 0 atom stereocenters. The van der Waals surface area contributed by atoms with Gasteiger partial charge in [-0.3, -0.25) is 9.58 Å². The number of likely N-dealkylation sites (tertiary alicyclic amines) is 1. The first-order valence-electron chi connectivity index (χ1n) is 14.2. The molecule has 2 heterocycles. The molecule has 1 aliphatic carbocycles. The second-order valence-corrected chi connectivity index (χ2v) is 10.9. The van der Waals surface area contributed by atoms with Crippen molar-refractivity contribution in [3.05, 3.63) is 53.3 Å². The van der Waals surface area contributed by atoms with Crippen LogP contribution in [0, 0.1) is 11.8 Å². The first-order valence-corrected chi connectivity index (χ1v) is 14.2. The molecular weight excluding hydrogens is 430 g/mol. The number of carbonyl (C=O) groups excluding carboxylic acids is 1. The van der Waals surface area contributed by atoms with Gasteiger partial charge in [0.1, 0.15) is 6.29 Å². The van der Waals surface area contributed by atoms with Crippen molar-refractivity contribution in [2.24, 2.45) is 11.8 Å². The van der Waals surface area contributed by atoms with E-state index >= 15 is 0 Å². The van der Waals surface area contributed by atoms with Crippen molar-refractivity contribution >= 4 is 6.29 Å². The van der Waals surface area contributed by atoms with Crippen LogP contribution in [0.5, 0.6) is 0 Å². The van der Waals surface area contributed by atoms with Gasteiger partial charge in [0.05, 0.1) is 6.20 Å². The fraction of sp³-hybridized carbons (Fsp3) is 0.677. The fourth-order valence-corrected chi connectivity index (χ4v) is 5.17. The zero-order valence-corrected chi connectivity index (χ0v) is 23.4. The summed E-state index contributed by atoms with van der Waals surface area (Å²) in [5.41, 5.74) is 4.40. The van der Waals surface area contributed by atoms with Crippen LogP contribution < -0.4 is 0 Å². The van der Waals surface area contributed by atoms with E-state index in [0.29, 0.717) is 5.92 Å². The Balaban J connectivity index is 0.000000655. The Morgan fingerprint density at radius 2 is 1.63 bits per heavy atom. The van der Waals surface area contributed by atoms with Crippen molar-refractivity contribution in [1.82, 2.24) is 14.7 Å². The molecule has 0 unspecified atom stereocenters. The van der Waals surface area contributed by atoms with Crippen molar-refractivity contribution in [2.45, 2.75) is 111 Å². The molecule has 1 aromatic carbocycles. The number of aromatic nitrogens is 2. The summed E-state index contributed by atoms with van der Waals surface area (Å²) >= 11 is 0. The summed E-state index contributed by atoms with van der Waals surface area (Å²) in [5.74, 6) is 3.15.